The lowest BCUT2D eigenvalue weighted by atomic mass is 10.1. The average Bonchev–Trinajstić information content (AvgIpc) is 3.70. The summed E-state index contributed by atoms with van der Waals surface area (Å²) in [6.45, 7) is 7.42. The summed E-state index contributed by atoms with van der Waals surface area (Å²) in [5.41, 5.74) is 3.23. The third-order valence-electron chi connectivity index (χ3n) is 8.75. The van der Waals surface area contributed by atoms with Crippen molar-refractivity contribution in [2.45, 2.75) is 104 Å². The van der Waals surface area contributed by atoms with Crippen LogP contribution in [-0.4, -0.2) is 31.3 Å². The number of ether oxygens (including phenoxy) is 4. The van der Waals surface area contributed by atoms with Gasteiger partial charge in [-0.1, -0.05) is 102 Å². The van der Waals surface area contributed by atoms with Gasteiger partial charge in [0.15, 0.2) is 6.10 Å². The molecule has 5 aromatic rings. The predicted octanol–water partition coefficient (Wildman–Crippen LogP) is 11.9. The summed E-state index contributed by atoms with van der Waals surface area (Å²) in [5.74, 6) is 0.831. The summed E-state index contributed by atoms with van der Waals surface area (Å²) in [6, 6.07) is 22.5. The van der Waals surface area contributed by atoms with E-state index in [-0.39, 0.29) is 0 Å². The SMILES string of the molecule is CCCCCCCCOc1ccc(-c2ccc(OC(=O)c3cc4oc5cc(OC(=O)[C@H](C)OCCCCCCCC)ccc5c4s3)cc2)cc1. The molecule has 266 valence electrons. The normalized spacial score (nSPS) is 12.0. The zero-order valence-electron chi connectivity index (χ0n) is 29.7. The van der Waals surface area contributed by atoms with Crippen molar-refractivity contribution in [1.82, 2.24) is 0 Å². The number of hydrogen-bond donors (Lipinski definition) is 0. The number of fused-ring (bicyclic) bond motifs is 3. The third kappa shape index (κ3) is 10.7. The fourth-order valence-electron chi connectivity index (χ4n) is 5.79. The maximum Gasteiger partial charge on any atom is 0.353 e. The molecule has 7 nitrogen and oxygen atoms in total. The first-order chi connectivity index (χ1) is 24.4. The van der Waals surface area contributed by atoms with Gasteiger partial charge >= 0.3 is 11.9 Å². The zero-order chi connectivity index (χ0) is 35.1. The number of carbonyl (C=O) groups excluding carboxylic acids is 2. The minimum Gasteiger partial charge on any atom is -0.494 e. The molecule has 0 N–H and O–H groups in total. The first kappa shape index (κ1) is 37.1. The van der Waals surface area contributed by atoms with E-state index in [0.717, 1.165) is 52.8 Å². The maximum atomic E-state index is 13.0. The van der Waals surface area contributed by atoms with Crippen LogP contribution in [0.15, 0.2) is 77.2 Å². The topological polar surface area (TPSA) is 84.2 Å². The number of benzene rings is 3. The van der Waals surface area contributed by atoms with Gasteiger partial charge in [0.2, 0.25) is 0 Å². The molecule has 5 rings (SSSR count). The summed E-state index contributed by atoms with van der Waals surface area (Å²) in [7, 11) is 0. The number of carbonyl (C=O) groups is 2. The van der Waals surface area contributed by atoms with Crippen molar-refractivity contribution in [1.29, 1.82) is 0 Å². The molecule has 0 radical (unpaired) electrons. The monoisotopic (exact) mass is 698 g/mol. The van der Waals surface area contributed by atoms with Gasteiger partial charge in [-0.2, -0.15) is 0 Å². The van der Waals surface area contributed by atoms with Gasteiger partial charge in [-0.05, 0) is 67.3 Å². The molecule has 0 saturated carbocycles. The molecule has 0 amide bonds. The van der Waals surface area contributed by atoms with Crippen LogP contribution in [0.4, 0.5) is 0 Å². The fourth-order valence-corrected chi connectivity index (χ4v) is 6.78. The number of esters is 2. The zero-order valence-corrected chi connectivity index (χ0v) is 30.5. The Bertz CT molecular complexity index is 1790. The number of furan rings is 1. The smallest absolute Gasteiger partial charge is 0.353 e. The predicted molar refractivity (Wildman–Crippen MR) is 202 cm³/mol. The number of rotatable bonds is 21. The minimum atomic E-state index is -0.655. The highest BCUT2D eigenvalue weighted by Gasteiger charge is 2.20. The van der Waals surface area contributed by atoms with Crippen molar-refractivity contribution in [2.75, 3.05) is 13.2 Å². The van der Waals surface area contributed by atoms with Gasteiger partial charge in [0.1, 0.15) is 33.3 Å². The molecule has 0 aliphatic carbocycles. The lowest BCUT2D eigenvalue weighted by molar-refractivity contribution is -0.146. The second-order valence-electron chi connectivity index (χ2n) is 12.8. The van der Waals surface area contributed by atoms with Crippen LogP contribution in [-0.2, 0) is 9.53 Å². The Kier molecular flexibility index (Phi) is 14.3. The quantitative estimate of drug-likeness (QED) is 0.0428. The van der Waals surface area contributed by atoms with Crippen molar-refractivity contribution < 1.29 is 33.0 Å². The van der Waals surface area contributed by atoms with E-state index in [9.17, 15) is 9.59 Å². The molecular weight excluding hydrogens is 649 g/mol. The minimum absolute atomic E-state index is 0.384. The Balaban J connectivity index is 1.09. The van der Waals surface area contributed by atoms with E-state index in [2.05, 4.69) is 13.8 Å². The molecule has 0 aliphatic rings. The van der Waals surface area contributed by atoms with E-state index >= 15 is 0 Å². The average molecular weight is 699 g/mol. The molecule has 1 atom stereocenters. The number of thiophene rings is 1. The van der Waals surface area contributed by atoms with E-state index < -0.39 is 18.0 Å². The standard InChI is InChI=1S/C42H50O7S/c1-4-6-8-10-12-14-26-45-30(3)41(43)48-35-24-25-36-37(28-35)49-38-29-39(50-40(36)38)42(44)47-34-22-18-32(19-23-34)31-16-20-33(21-17-31)46-27-15-13-11-9-7-5-2/h16-25,28-30H,4-15,26-27H2,1-3H3/t30-/m0/s1. The van der Waals surface area contributed by atoms with E-state index in [1.54, 1.807) is 37.3 Å². The number of hydrogen-bond acceptors (Lipinski definition) is 8. The molecule has 2 aromatic heterocycles. The summed E-state index contributed by atoms with van der Waals surface area (Å²) < 4.78 is 29.7. The van der Waals surface area contributed by atoms with Crippen LogP contribution in [0, 0.1) is 0 Å². The van der Waals surface area contributed by atoms with Crippen LogP contribution in [0.5, 0.6) is 17.2 Å². The maximum absolute atomic E-state index is 13.0. The molecule has 0 unspecified atom stereocenters. The van der Waals surface area contributed by atoms with Crippen molar-refractivity contribution in [2.24, 2.45) is 0 Å². The van der Waals surface area contributed by atoms with Crippen LogP contribution in [0.1, 0.15) is 107 Å². The Morgan fingerprint density at radius 2 is 1.22 bits per heavy atom. The molecule has 8 heteroatoms. The van der Waals surface area contributed by atoms with Gasteiger partial charge in [-0.3, -0.25) is 0 Å². The highest BCUT2D eigenvalue weighted by Crippen LogP contribution is 2.37. The van der Waals surface area contributed by atoms with Crippen LogP contribution >= 0.6 is 11.3 Å². The first-order valence-corrected chi connectivity index (χ1v) is 19.1. The summed E-state index contributed by atoms with van der Waals surface area (Å²) in [5, 5.41) is 0.833. The summed E-state index contributed by atoms with van der Waals surface area (Å²) in [6.07, 6.45) is 13.8. The highest BCUT2D eigenvalue weighted by molar-refractivity contribution is 7.21. The van der Waals surface area contributed by atoms with Crippen LogP contribution < -0.4 is 14.2 Å². The van der Waals surface area contributed by atoms with Crippen LogP contribution in [0.3, 0.4) is 0 Å². The fraction of sp³-hybridized carbons (Fsp3) is 0.429. The lowest BCUT2D eigenvalue weighted by Crippen LogP contribution is -2.26. The van der Waals surface area contributed by atoms with E-state index in [1.807, 2.05) is 42.5 Å². The Morgan fingerprint density at radius 1 is 0.640 bits per heavy atom. The first-order valence-electron chi connectivity index (χ1n) is 18.3. The molecule has 0 aliphatic heterocycles. The van der Waals surface area contributed by atoms with Gasteiger partial charge in [0.05, 0.1) is 11.3 Å². The molecule has 0 saturated heterocycles. The molecule has 2 heterocycles. The van der Waals surface area contributed by atoms with Crippen molar-refractivity contribution in [3.63, 3.8) is 0 Å². The summed E-state index contributed by atoms with van der Waals surface area (Å²) in [4.78, 5) is 26.1. The highest BCUT2D eigenvalue weighted by atomic mass is 32.1. The molecule has 0 spiro atoms. The van der Waals surface area contributed by atoms with Crippen molar-refractivity contribution >= 4 is 44.5 Å². The van der Waals surface area contributed by atoms with E-state index in [0.29, 0.717) is 34.1 Å². The van der Waals surface area contributed by atoms with Crippen molar-refractivity contribution in [3.8, 4) is 28.4 Å². The van der Waals surface area contributed by atoms with Crippen LogP contribution in [0.25, 0.3) is 32.4 Å². The van der Waals surface area contributed by atoms with Crippen LogP contribution in [0.2, 0.25) is 0 Å². The Morgan fingerprint density at radius 3 is 1.88 bits per heavy atom. The third-order valence-corrected chi connectivity index (χ3v) is 9.88. The largest absolute Gasteiger partial charge is 0.494 e. The second kappa shape index (κ2) is 19.3. The molecule has 50 heavy (non-hydrogen) atoms. The Hall–Kier alpha value is -4.14. The van der Waals surface area contributed by atoms with Gasteiger partial charge in [-0.25, -0.2) is 9.59 Å². The summed E-state index contributed by atoms with van der Waals surface area (Å²) >= 11 is 1.31. The van der Waals surface area contributed by atoms with Crippen molar-refractivity contribution in [3.05, 3.63) is 77.7 Å². The van der Waals surface area contributed by atoms with Gasteiger partial charge in [0, 0.05) is 24.1 Å². The van der Waals surface area contributed by atoms with E-state index in [1.165, 1.54) is 69.1 Å². The molecule has 0 fully saturated rings. The Labute approximate surface area is 299 Å². The second-order valence-corrected chi connectivity index (χ2v) is 13.9. The molecule has 0 bridgehead atoms. The van der Waals surface area contributed by atoms with E-state index in [4.69, 9.17) is 23.4 Å². The molecular formula is C42H50O7S. The lowest BCUT2D eigenvalue weighted by Gasteiger charge is -2.12. The van der Waals surface area contributed by atoms with Gasteiger partial charge in [0.25, 0.3) is 0 Å². The molecule has 3 aromatic carbocycles. The van der Waals surface area contributed by atoms with Gasteiger partial charge in [-0.15, -0.1) is 11.3 Å². The van der Waals surface area contributed by atoms with Gasteiger partial charge < -0.3 is 23.4 Å². The number of unbranched alkanes of at least 4 members (excludes halogenated alkanes) is 10.